The van der Waals surface area contributed by atoms with Gasteiger partial charge in [0.25, 0.3) is 0 Å². The highest BCUT2D eigenvalue weighted by molar-refractivity contribution is 8.00. The molecule has 2 aromatic carbocycles. The van der Waals surface area contributed by atoms with E-state index in [9.17, 15) is 13.2 Å². The van der Waals surface area contributed by atoms with Crippen molar-refractivity contribution >= 4 is 35.2 Å². The lowest BCUT2D eigenvalue weighted by Crippen LogP contribution is -2.14. The fourth-order valence-corrected chi connectivity index (χ4v) is 3.15. The molecule has 0 bridgehead atoms. The zero-order valence-electron chi connectivity index (χ0n) is 16.1. The molecule has 0 spiro atoms. The van der Waals surface area contributed by atoms with Crippen molar-refractivity contribution in [3.63, 3.8) is 0 Å². The molecule has 146 valence electrons. The Balaban J connectivity index is 2.31. The molecule has 0 saturated heterocycles. The fourth-order valence-electron chi connectivity index (χ4n) is 2.56. The van der Waals surface area contributed by atoms with E-state index in [1.54, 1.807) is 24.5 Å². The maximum Gasteiger partial charge on any atom is 0.446 e. The maximum atomic E-state index is 12.6. The Morgan fingerprint density at radius 3 is 2.41 bits per heavy atom. The predicted octanol–water partition coefficient (Wildman–Crippen LogP) is 6.29. The summed E-state index contributed by atoms with van der Waals surface area (Å²) in [6.07, 6.45) is 1.79. The van der Waals surface area contributed by atoms with Crippen molar-refractivity contribution in [3.8, 4) is 0 Å². The number of benzene rings is 2. The van der Waals surface area contributed by atoms with Crippen LogP contribution in [0.4, 0.5) is 30.2 Å². The van der Waals surface area contributed by atoms with Crippen LogP contribution in [0.15, 0.2) is 46.3 Å². The SMILES string of the molecule is CCN(C)C=Nc1cc(C)c(N(C)c2cccc(SC(F)(F)F)c2)cc1C. The summed E-state index contributed by atoms with van der Waals surface area (Å²) in [4.78, 5) is 8.57. The molecular formula is C20H24F3N3S. The highest BCUT2D eigenvalue weighted by atomic mass is 32.2. The van der Waals surface area contributed by atoms with Crippen LogP contribution in [-0.2, 0) is 0 Å². The van der Waals surface area contributed by atoms with Crippen LogP contribution in [0.25, 0.3) is 0 Å². The van der Waals surface area contributed by atoms with Crippen LogP contribution in [0.5, 0.6) is 0 Å². The second kappa shape index (κ2) is 8.69. The predicted molar refractivity (Wildman–Crippen MR) is 109 cm³/mol. The van der Waals surface area contributed by atoms with Crippen molar-refractivity contribution in [2.24, 2.45) is 4.99 Å². The molecular weight excluding hydrogens is 371 g/mol. The first-order chi connectivity index (χ1) is 12.6. The molecule has 0 amide bonds. The molecule has 0 aliphatic carbocycles. The molecule has 0 aliphatic heterocycles. The van der Waals surface area contributed by atoms with Gasteiger partial charge in [0.1, 0.15) is 0 Å². The molecule has 0 N–H and O–H groups in total. The Morgan fingerprint density at radius 1 is 1.07 bits per heavy atom. The minimum absolute atomic E-state index is 0.102. The molecule has 0 unspecified atom stereocenters. The molecule has 0 fully saturated rings. The van der Waals surface area contributed by atoms with Gasteiger partial charge in [0, 0.05) is 36.9 Å². The Hall–Kier alpha value is -2.15. The van der Waals surface area contributed by atoms with E-state index < -0.39 is 5.51 Å². The molecule has 2 aromatic rings. The zero-order valence-corrected chi connectivity index (χ0v) is 16.9. The van der Waals surface area contributed by atoms with Crippen LogP contribution in [0.2, 0.25) is 0 Å². The number of nitrogens with zero attached hydrogens (tertiary/aromatic N) is 3. The van der Waals surface area contributed by atoms with E-state index in [1.165, 1.54) is 6.07 Å². The van der Waals surface area contributed by atoms with Crippen molar-refractivity contribution in [2.45, 2.75) is 31.2 Å². The summed E-state index contributed by atoms with van der Waals surface area (Å²) < 4.78 is 37.9. The van der Waals surface area contributed by atoms with Gasteiger partial charge in [0.05, 0.1) is 12.0 Å². The summed E-state index contributed by atoms with van der Waals surface area (Å²) in [6, 6.07) is 10.5. The minimum atomic E-state index is -4.30. The van der Waals surface area contributed by atoms with Gasteiger partial charge in [0.15, 0.2) is 0 Å². The van der Waals surface area contributed by atoms with E-state index in [2.05, 4.69) is 4.99 Å². The normalized spacial score (nSPS) is 11.9. The van der Waals surface area contributed by atoms with E-state index in [4.69, 9.17) is 0 Å². The molecule has 0 heterocycles. The van der Waals surface area contributed by atoms with Gasteiger partial charge in [-0.1, -0.05) is 6.07 Å². The summed E-state index contributed by atoms with van der Waals surface area (Å²) in [5.74, 6) is 0. The lowest BCUT2D eigenvalue weighted by atomic mass is 10.1. The first kappa shape index (κ1) is 21.2. The maximum absolute atomic E-state index is 12.6. The minimum Gasteiger partial charge on any atom is -0.366 e. The number of hydrogen-bond donors (Lipinski definition) is 0. The van der Waals surface area contributed by atoms with Crippen molar-refractivity contribution < 1.29 is 13.2 Å². The number of alkyl halides is 3. The Bertz CT molecular complexity index is 819. The third kappa shape index (κ3) is 5.92. The van der Waals surface area contributed by atoms with Crippen LogP contribution in [0, 0.1) is 13.8 Å². The molecule has 0 saturated carbocycles. The van der Waals surface area contributed by atoms with Gasteiger partial charge in [-0.2, -0.15) is 13.2 Å². The van der Waals surface area contributed by atoms with Crippen molar-refractivity contribution in [1.29, 1.82) is 0 Å². The smallest absolute Gasteiger partial charge is 0.366 e. The van der Waals surface area contributed by atoms with Crippen LogP contribution in [-0.4, -0.2) is 37.4 Å². The molecule has 0 aromatic heterocycles. The largest absolute Gasteiger partial charge is 0.446 e. The molecule has 0 radical (unpaired) electrons. The number of halogens is 3. The first-order valence-electron chi connectivity index (χ1n) is 8.56. The van der Waals surface area contributed by atoms with E-state index >= 15 is 0 Å². The summed E-state index contributed by atoms with van der Waals surface area (Å²) in [7, 11) is 3.81. The fraction of sp³-hybridized carbons (Fsp3) is 0.350. The van der Waals surface area contributed by atoms with E-state index in [0.717, 1.165) is 29.0 Å². The topological polar surface area (TPSA) is 18.8 Å². The van der Waals surface area contributed by atoms with Gasteiger partial charge < -0.3 is 9.80 Å². The standard InChI is InChI=1S/C20H24F3N3S/c1-6-25(4)13-24-18-10-15(3)19(11-14(18)2)26(5)16-8-7-9-17(12-16)27-20(21,22)23/h7-13H,6H2,1-5H3. The summed E-state index contributed by atoms with van der Waals surface area (Å²) in [5.41, 5.74) is 0.228. The second-order valence-corrected chi connectivity index (χ2v) is 7.49. The number of anilines is 2. The van der Waals surface area contributed by atoms with Gasteiger partial charge in [-0.05, 0) is 74.0 Å². The molecule has 2 rings (SSSR count). The van der Waals surface area contributed by atoms with Crippen LogP contribution in [0.3, 0.4) is 0 Å². The van der Waals surface area contributed by atoms with E-state index in [1.807, 2.05) is 56.8 Å². The highest BCUT2D eigenvalue weighted by Gasteiger charge is 2.29. The van der Waals surface area contributed by atoms with Gasteiger partial charge in [-0.25, -0.2) is 4.99 Å². The highest BCUT2D eigenvalue weighted by Crippen LogP contribution is 2.39. The number of aryl methyl sites for hydroxylation is 2. The van der Waals surface area contributed by atoms with E-state index in [-0.39, 0.29) is 16.7 Å². The Morgan fingerprint density at radius 2 is 1.78 bits per heavy atom. The van der Waals surface area contributed by atoms with Crippen LogP contribution >= 0.6 is 11.8 Å². The Kier molecular flexibility index (Phi) is 6.81. The molecule has 0 aliphatic rings. The van der Waals surface area contributed by atoms with Crippen LogP contribution < -0.4 is 4.90 Å². The number of hydrogen-bond acceptors (Lipinski definition) is 3. The molecule has 7 heteroatoms. The third-order valence-electron chi connectivity index (χ3n) is 4.21. The van der Waals surface area contributed by atoms with Crippen LogP contribution in [0.1, 0.15) is 18.1 Å². The number of rotatable bonds is 6. The molecule has 27 heavy (non-hydrogen) atoms. The van der Waals surface area contributed by atoms with Crippen molar-refractivity contribution in [2.75, 3.05) is 25.5 Å². The van der Waals surface area contributed by atoms with E-state index in [0.29, 0.717) is 5.69 Å². The summed E-state index contributed by atoms with van der Waals surface area (Å²) >= 11 is -0.102. The van der Waals surface area contributed by atoms with Gasteiger partial charge >= 0.3 is 5.51 Å². The quantitative estimate of drug-likeness (QED) is 0.325. The summed E-state index contributed by atoms with van der Waals surface area (Å²) in [6.45, 7) is 6.87. The zero-order chi connectivity index (χ0) is 20.2. The monoisotopic (exact) mass is 395 g/mol. The Labute approximate surface area is 162 Å². The second-order valence-electron chi connectivity index (χ2n) is 6.35. The number of thioether (sulfide) groups is 1. The third-order valence-corrected chi connectivity index (χ3v) is 4.93. The average molecular weight is 395 g/mol. The van der Waals surface area contributed by atoms with Crippen molar-refractivity contribution in [1.82, 2.24) is 4.90 Å². The van der Waals surface area contributed by atoms with Crippen molar-refractivity contribution in [3.05, 3.63) is 47.5 Å². The lowest BCUT2D eigenvalue weighted by molar-refractivity contribution is -0.0328. The average Bonchev–Trinajstić information content (AvgIpc) is 2.60. The number of aliphatic imine (C=N–C) groups is 1. The lowest BCUT2D eigenvalue weighted by Gasteiger charge is -2.23. The molecule has 3 nitrogen and oxygen atoms in total. The molecule has 0 atom stereocenters. The first-order valence-corrected chi connectivity index (χ1v) is 9.37. The van der Waals surface area contributed by atoms with Gasteiger partial charge in [0.2, 0.25) is 0 Å². The van der Waals surface area contributed by atoms with Gasteiger partial charge in [-0.15, -0.1) is 0 Å². The van der Waals surface area contributed by atoms with Gasteiger partial charge in [-0.3, -0.25) is 0 Å². The summed E-state index contributed by atoms with van der Waals surface area (Å²) in [5, 5.41) is 0.